The number of carbonyl (C=O) groups is 1. The van der Waals surface area contributed by atoms with Gasteiger partial charge in [-0.1, -0.05) is 24.3 Å². The van der Waals surface area contributed by atoms with Crippen molar-refractivity contribution in [2.45, 2.75) is 19.2 Å². The number of rotatable bonds is 6. The number of benzene rings is 3. The first-order valence-electron chi connectivity index (χ1n) is 9.75. The van der Waals surface area contributed by atoms with Gasteiger partial charge in [-0.3, -0.25) is 4.79 Å². The molecule has 0 amide bonds. The van der Waals surface area contributed by atoms with E-state index in [0.717, 1.165) is 11.6 Å². The molecule has 33 heavy (non-hydrogen) atoms. The van der Waals surface area contributed by atoms with Gasteiger partial charge in [-0.05, 0) is 41.5 Å². The van der Waals surface area contributed by atoms with Crippen LogP contribution >= 0.6 is 0 Å². The molecule has 0 N–H and O–H groups in total. The van der Waals surface area contributed by atoms with Crippen LogP contribution in [0.5, 0.6) is 23.0 Å². The molecule has 3 aromatic carbocycles. The lowest BCUT2D eigenvalue weighted by atomic mass is 10.0. The van der Waals surface area contributed by atoms with Gasteiger partial charge in [-0.25, -0.2) is 0 Å². The molecule has 6 nitrogen and oxygen atoms in total. The molecular weight excluding hydrogens is 439 g/mol. The van der Waals surface area contributed by atoms with Crippen LogP contribution in [0.4, 0.5) is 13.2 Å². The van der Waals surface area contributed by atoms with Crippen molar-refractivity contribution in [2.24, 2.45) is 0 Å². The Morgan fingerprint density at radius 1 is 1.03 bits per heavy atom. The molecule has 0 saturated carbocycles. The molecule has 3 aromatic rings. The van der Waals surface area contributed by atoms with E-state index in [1.165, 1.54) is 36.4 Å². The lowest BCUT2D eigenvalue weighted by Gasteiger charge is -2.13. The first kappa shape index (κ1) is 22.0. The number of esters is 1. The van der Waals surface area contributed by atoms with Gasteiger partial charge in [-0.2, -0.15) is 18.4 Å². The van der Waals surface area contributed by atoms with Crippen molar-refractivity contribution in [2.75, 3.05) is 6.79 Å². The number of nitriles is 1. The highest BCUT2D eigenvalue weighted by atomic mass is 19.4. The SMILES string of the molecule is N#Cc1ccc(OCc2ccc3c(c2)OCO3)cc1OC(=O)Cc1ccccc1C(F)(F)F. The van der Waals surface area contributed by atoms with E-state index in [1.807, 2.05) is 6.07 Å². The summed E-state index contributed by atoms with van der Waals surface area (Å²) in [6.07, 6.45) is -5.21. The van der Waals surface area contributed by atoms with Gasteiger partial charge in [0, 0.05) is 6.07 Å². The largest absolute Gasteiger partial charge is 0.489 e. The molecule has 0 spiro atoms. The number of hydrogen-bond acceptors (Lipinski definition) is 6. The van der Waals surface area contributed by atoms with Crippen molar-refractivity contribution in [1.29, 1.82) is 5.26 Å². The maximum Gasteiger partial charge on any atom is 0.416 e. The number of alkyl halides is 3. The summed E-state index contributed by atoms with van der Waals surface area (Å²) in [6.45, 7) is 0.312. The van der Waals surface area contributed by atoms with Crippen LogP contribution in [0.1, 0.15) is 22.3 Å². The molecule has 168 valence electrons. The van der Waals surface area contributed by atoms with E-state index < -0.39 is 24.1 Å². The molecule has 1 aliphatic heterocycles. The van der Waals surface area contributed by atoms with Crippen molar-refractivity contribution >= 4 is 5.97 Å². The molecule has 9 heteroatoms. The molecular formula is C24H16F3NO5. The minimum Gasteiger partial charge on any atom is -0.489 e. The third-order valence-electron chi connectivity index (χ3n) is 4.80. The summed E-state index contributed by atoms with van der Waals surface area (Å²) in [5, 5.41) is 9.30. The Balaban J connectivity index is 1.46. The van der Waals surface area contributed by atoms with Crippen LogP contribution in [0.15, 0.2) is 60.7 Å². The van der Waals surface area contributed by atoms with Crippen LogP contribution in [0.3, 0.4) is 0 Å². The van der Waals surface area contributed by atoms with Gasteiger partial charge in [0.2, 0.25) is 6.79 Å². The predicted molar refractivity (Wildman–Crippen MR) is 109 cm³/mol. The second kappa shape index (κ2) is 9.12. The van der Waals surface area contributed by atoms with Crippen LogP contribution in [0, 0.1) is 11.3 Å². The molecule has 1 heterocycles. The number of halogens is 3. The lowest BCUT2D eigenvalue weighted by Crippen LogP contribution is -2.16. The highest BCUT2D eigenvalue weighted by Gasteiger charge is 2.33. The van der Waals surface area contributed by atoms with E-state index in [1.54, 1.807) is 18.2 Å². The molecule has 0 atom stereocenters. The van der Waals surface area contributed by atoms with Gasteiger partial charge in [0.25, 0.3) is 0 Å². The Kier molecular flexibility index (Phi) is 6.09. The van der Waals surface area contributed by atoms with E-state index in [2.05, 4.69) is 0 Å². The van der Waals surface area contributed by atoms with Crippen molar-refractivity contribution in [3.05, 3.63) is 82.9 Å². The summed E-state index contributed by atoms with van der Waals surface area (Å²) < 4.78 is 61.0. The number of hydrogen-bond donors (Lipinski definition) is 0. The van der Waals surface area contributed by atoms with Gasteiger partial charge in [-0.15, -0.1) is 0 Å². The summed E-state index contributed by atoms with van der Waals surface area (Å²) in [5.74, 6) is 0.513. The highest BCUT2D eigenvalue weighted by molar-refractivity contribution is 5.76. The fourth-order valence-electron chi connectivity index (χ4n) is 3.23. The maximum atomic E-state index is 13.2. The van der Waals surface area contributed by atoms with Gasteiger partial charge in [0.1, 0.15) is 18.4 Å². The molecule has 0 aromatic heterocycles. The van der Waals surface area contributed by atoms with Gasteiger partial charge in [0.15, 0.2) is 17.2 Å². The molecule has 0 unspecified atom stereocenters. The topological polar surface area (TPSA) is 77.8 Å². The van der Waals surface area contributed by atoms with Crippen LogP contribution in [0.2, 0.25) is 0 Å². The lowest BCUT2D eigenvalue weighted by molar-refractivity contribution is -0.139. The Morgan fingerprint density at radius 3 is 2.61 bits per heavy atom. The molecule has 4 rings (SSSR count). The zero-order valence-electron chi connectivity index (χ0n) is 17.0. The van der Waals surface area contributed by atoms with Gasteiger partial charge in [0.05, 0.1) is 17.5 Å². The molecule has 0 bridgehead atoms. The minimum absolute atomic E-state index is 0.0443. The Labute approximate surface area is 186 Å². The number of fused-ring (bicyclic) bond motifs is 1. The van der Waals surface area contributed by atoms with E-state index in [4.69, 9.17) is 18.9 Å². The predicted octanol–water partition coefficient (Wildman–Crippen LogP) is 5.03. The second-order valence-corrected chi connectivity index (χ2v) is 7.05. The summed E-state index contributed by atoms with van der Waals surface area (Å²) in [7, 11) is 0. The quantitative estimate of drug-likeness (QED) is 0.383. The van der Waals surface area contributed by atoms with Crippen LogP contribution in [-0.2, 0) is 24.0 Å². The monoisotopic (exact) mass is 455 g/mol. The van der Waals surface area contributed by atoms with Crippen LogP contribution < -0.4 is 18.9 Å². The van der Waals surface area contributed by atoms with Gasteiger partial charge < -0.3 is 18.9 Å². The van der Waals surface area contributed by atoms with Crippen molar-refractivity contribution in [3.8, 4) is 29.1 Å². The Bertz CT molecular complexity index is 1230. The van der Waals surface area contributed by atoms with E-state index in [0.29, 0.717) is 17.2 Å². The molecule has 1 aliphatic rings. The van der Waals surface area contributed by atoms with Crippen molar-refractivity contribution < 1.29 is 36.9 Å². The molecule has 0 aliphatic carbocycles. The van der Waals surface area contributed by atoms with E-state index in [-0.39, 0.29) is 30.3 Å². The summed E-state index contributed by atoms with van der Waals surface area (Å²) in [4.78, 5) is 12.4. The van der Waals surface area contributed by atoms with E-state index >= 15 is 0 Å². The third-order valence-corrected chi connectivity index (χ3v) is 4.80. The summed E-state index contributed by atoms with van der Waals surface area (Å²) >= 11 is 0. The second-order valence-electron chi connectivity index (χ2n) is 7.05. The molecule has 0 radical (unpaired) electrons. The first-order chi connectivity index (χ1) is 15.8. The fraction of sp³-hybridized carbons (Fsp3) is 0.167. The molecule has 0 fully saturated rings. The maximum absolute atomic E-state index is 13.2. The minimum atomic E-state index is -4.60. The zero-order valence-corrected chi connectivity index (χ0v) is 17.0. The van der Waals surface area contributed by atoms with Gasteiger partial charge >= 0.3 is 12.1 Å². The Hall–Kier alpha value is -4.19. The standard InChI is InChI=1S/C24H16F3NO5/c25-24(26,27)19-4-2-1-3-16(19)10-23(29)33-21-11-18(7-6-17(21)12-28)30-13-15-5-8-20-22(9-15)32-14-31-20/h1-9,11H,10,13-14H2. The van der Waals surface area contributed by atoms with Crippen molar-refractivity contribution in [3.63, 3.8) is 0 Å². The van der Waals surface area contributed by atoms with Crippen LogP contribution in [-0.4, -0.2) is 12.8 Å². The average molecular weight is 455 g/mol. The highest BCUT2D eigenvalue weighted by Crippen LogP contribution is 2.34. The van der Waals surface area contributed by atoms with E-state index in [9.17, 15) is 23.2 Å². The summed E-state index contributed by atoms with van der Waals surface area (Å²) in [6, 6.07) is 16.2. The number of carbonyl (C=O) groups excluding carboxylic acids is 1. The number of nitrogens with zero attached hydrogens (tertiary/aromatic N) is 1. The third kappa shape index (κ3) is 5.18. The van der Waals surface area contributed by atoms with Crippen molar-refractivity contribution in [1.82, 2.24) is 0 Å². The fourth-order valence-corrected chi connectivity index (χ4v) is 3.23. The first-order valence-corrected chi connectivity index (χ1v) is 9.75. The average Bonchev–Trinajstić information content (AvgIpc) is 3.25. The zero-order chi connectivity index (χ0) is 23.4. The van der Waals surface area contributed by atoms with Crippen LogP contribution in [0.25, 0.3) is 0 Å². The Morgan fingerprint density at radius 2 is 1.82 bits per heavy atom. The smallest absolute Gasteiger partial charge is 0.416 e. The molecule has 0 saturated heterocycles. The normalized spacial score (nSPS) is 12.2. The number of ether oxygens (including phenoxy) is 4. The summed E-state index contributed by atoms with van der Waals surface area (Å²) in [5.41, 5.74) is -0.291.